The lowest BCUT2D eigenvalue weighted by Crippen LogP contribution is -2.33. The highest BCUT2D eigenvalue weighted by Crippen LogP contribution is 2.11. The van der Waals surface area contributed by atoms with E-state index >= 15 is 0 Å². The van der Waals surface area contributed by atoms with Gasteiger partial charge in [0.15, 0.2) is 10.8 Å². The summed E-state index contributed by atoms with van der Waals surface area (Å²) in [5, 5.41) is 15.4. The Morgan fingerprint density at radius 1 is 1.80 bits per heavy atom. The number of hydrogen-bond donors (Lipinski definition) is 3. The second kappa shape index (κ2) is 5.05. The molecule has 0 bridgehead atoms. The maximum absolute atomic E-state index is 11.3. The molecule has 0 aliphatic carbocycles. The van der Waals surface area contributed by atoms with Crippen LogP contribution in [-0.4, -0.2) is 34.6 Å². The summed E-state index contributed by atoms with van der Waals surface area (Å²) >= 11 is 1.11. The third-order valence-electron chi connectivity index (χ3n) is 1.43. The summed E-state index contributed by atoms with van der Waals surface area (Å²) in [6.07, 6.45) is 0.516. The van der Waals surface area contributed by atoms with Crippen molar-refractivity contribution in [2.45, 2.75) is 0 Å². The predicted molar refractivity (Wildman–Crippen MR) is 53.9 cm³/mol. The molecule has 80 valence electrons. The number of aromatic nitrogens is 1. The summed E-state index contributed by atoms with van der Waals surface area (Å²) in [7, 11) is 0. The van der Waals surface area contributed by atoms with Gasteiger partial charge in [0.25, 0.3) is 5.91 Å². The van der Waals surface area contributed by atoms with Crippen LogP contribution in [-0.2, 0) is 9.59 Å². The topological polar surface area (TPSA) is 118 Å². The van der Waals surface area contributed by atoms with Gasteiger partial charge < -0.3 is 21.1 Å². The fourth-order valence-electron chi connectivity index (χ4n) is 0.827. The van der Waals surface area contributed by atoms with Crippen LogP contribution in [0.4, 0.5) is 5.13 Å². The normalized spacial score (nSPS) is 11.1. The first-order valence-electron chi connectivity index (χ1n) is 3.84. The van der Waals surface area contributed by atoms with Gasteiger partial charge >= 0.3 is 0 Å². The zero-order valence-corrected chi connectivity index (χ0v) is 8.32. The maximum atomic E-state index is 11.3. The Bertz CT molecular complexity index is 401. The van der Waals surface area contributed by atoms with Gasteiger partial charge in [0.1, 0.15) is 12.0 Å². The van der Waals surface area contributed by atoms with Crippen LogP contribution in [0.25, 0.3) is 0 Å². The molecule has 0 unspecified atom stereocenters. The number of nitrogens with one attached hydrogen (secondary N) is 1. The van der Waals surface area contributed by atoms with Gasteiger partial charge in [0, 0.05) is 5.38 Å². The summed E-state index contributed by atoms with van der Waals surface area (Å²) in [6.45, 7) is -0.155. The second-order valence-corrected chi connectivity index (χ2v) is 3.29. The van der Waals surface area contributed by atoms with Gasteiger partial charge in [-0.05, 0) is 0 Å². The fraction of sp³-hybridized carbons (Fsp3) is 0.143. The molecule has 1 amide bonds. The number of nitrogens with zero attached hydrogens (tertiary/aromatic N) is 2. The maximum Gasteiger partial charge on any atom is 0.275 e. The summed E-state index contributed by atoms with van der Waals surface area (Å²) in [5.41, 5.74) is 5.25. The molecule has 1 rings (SSSR count). The molecule has 7 nitrogen and oxygen atoms in total. The van der Waals surface area contributed by atoms with Crippen molar-refractivity contribution in [1.82, 2.24) is 10.3 Å². The summed E-state index contributed by atoms with van der Waals surface area (Å²) < 4.78 is 0. The molecule has 4 N–H and O–H groups in total. The van der Waals surface area contributed by atoms with Crippen molar-refractivity contribution in [1.29, 1.82) is 0 Å². The minimum absolute atomic E-state index is 0.155. The number of carbonyl (C=O) groups excluding carboxylic acids is 2. The summed E-state index contributed by atoms with van der Waals surface area (Å²) in [5.74, 6) is -0.685. The third kappa shape index (κ3) is 2.74. The van der Waals surface area contributed by atoms with Crippen LogP contribution in [0.15, 0.2) is 10.5 Å². The number of anilines is 1. The van der Waals surface area contributed by atoms with E-state index in [4.69, 9.17) is 10.9 Å². The average molecular weight is 228 g/mol. The number of nitrogens with two attached hydrogens (primary N) is 1. The van der Waals surface area contributed by atoms with E-state index in [-0.39, 0.29) is 23.1 Å². The lowest BCUT2D eigenvalue weighted by atomic mass is 10.3. The van der Waals surface area contributed by atoms with Crippen molar-refractivity contribution >= 4 is 34.4 Å². The van der Waals surface area contributed by atoms with Gasteiger partial charge in [-0.3, -0.25) is 4.79 Å². The molecule has 0 radical (unpaired) electrons. The number of nitrogen functional groups attached to an aromatic ring is 1. The SMILES string of the molecule is Nc1nc(/C(=N/O)C(=O)NCC=O)cs1. The van der Waals surface area contributed by atoms with E-state index in [0.29, 0.717) is 6.29 Å². The van der Waals surface area contributed by atoms with E-state index in [1.54, 1.807) is 0 Å². The Balaban J connectivity index is 2.81. The van der Waals surface area contributed by atoms with Gasteiger partial charge in [0.05, 0.1) is 6.54 Å². The highest BCUT2D eigenvalue weighted by Gasteiger charge is 2.17. The minimum atomic E-state index is -0.685. The first-order chi connectivity index (χ1) is 7.19. The Hall–Kier alpha value is -1.96. The Morgan fingerprint density at radius 3 is 3.00 bits per heavy atom. The van der Waals surface area contributed by atoms with Crippen LogP contribution in [0.1, 0.15) is 5.69 Å². The molecule has 0 aliphatic heterocycles. The number of carbonyl (C=O) groups is 2. The molecule has 1 heterocycles. The van der Waals surface area contributed by atoms with E-state index in [9.17, 15) is 9.59 Å². The van der Waals surface area contributed by atoms with E-state index in [1.165, 1.54) is 5.38 Å². The highest BCUT2D eigenvalue weighted by molar-refractivity contribution is 7.13. The second-order valence-electron chi connectivity index (χ2n) is 2.40. The van der Waals surface area contributed by atoms with Crippen LogP contribution >= 0.6 is 11.3 Å². The Morgan fingerprint density at radius 2 is 2.53 bits per heavy atom. The van der Waals surface area contributed by atoms with E-state index in [1.807, 2.05) is 0 Å². The number of oxime groups is 1. The molecule has 1 aromatic rings. The van der Waals surface area contributed by atoms with Gasteiger partial charge in [0.2, 0.25) is 0 Å². The predicted octanol–water partition coefficient (Wildman–Crippen LogP) is -0.781. The smallest absolute Gasteiger partial charge is 0.275 e. The molecule has 8 heteroatoms. The van der Waals surface area contributed by atoms with Crippen molar-refractivity contribution in [2.75, 3.05) is 12.3 Å². The number of amides is 1. The Kier molecular flexibility index (Phi) is 3.75. The zero-order chi connectivity index (χ0) is 11.3. The molecule has 0 atom stereocenters. The van der Waals surface area contributed by atoms with E-state index in [0.717, 1.165) is 11.3 Å². The third-order valence-corrected chi connectivity index (χ3v) is 2.10. The van der Waals surface area contributed by atoms with Crippen molar-refractivity contribution in [3.63, 3.8) is 0 Å². The Labute approximate surface area is 88.6 Å². The van der Waals surface area contributed by atoms with Crippen LogP contribution in [0.2, 0.25) is 0 Å². The van der Waals surface area contributed by atoms with Gasteiger partial charge in [-0.2, -0.15) is 0 Å². The molecule has 15 heavy (non-hydrogen) atoms. The van der Waals surface area contributed by atoms with Crippen molar-refractivity contribution < 1.29 is 14.8 Å². The van der Waals surface area contributed by atoms with Crippen LogP contribution < -0.4 is 11.1 Å². The number of hydrogen-bond acceptors (Lipinski definition) is 7. The molecule has 0 aliphatic rings. The molecule has 1 aromatic heterocycles. The number of rotatable bonds is 4. The monoisotopic (exact) mass is 228 g/mol. The molecular formula is C7H8N4O3S. The highest BCUT2D eigenvalue weighted by atomic mass is 32.1. The van der Waals surface area contributed by atoms with Crippen molar-refractivity contribution in [3.8, 4) is 0 Å². The molecular weight excluding hydrogens is 220 g/mol. The van der Waals surface area contributed by atoms with Crippen LogP contribution in [0.3, 0.4) is 0 Å². The summed E-state index contributed by atoms with van der Waals surface area (Å²) in [4.78, 5) is 25.1. The first-order valence-corrected chi connectivity index (χ1v) is 4.72. The lowest BCUT2D eigenvalue weighted by Gasteiger charge is -2.00. The van der Waals surface area contributed by atoms with Crippen LogP contribution in [0.5, 0.6) is 0 Å². The van der Waals surface area contributed by atoms with Gasteiger partial charge in [-0.15, -0.1) is 11.3 Å². The fourth-order valence-corrected chi connectivity index (χ4v) is 1.38. The van der Waals surface area contributed by atoms with E-state index < -0.39 is 5.91 Å². The zero-order valence-electron chi connectivity index (χ0n) is 7.51. The molecule has 0 fully saturated rings. The summed E-state index contributed by atoms with van der Waals surface area (Å²) in [6, 6.07) is 0. The van der Waals surface area contributed by atoms with Gasteiger partial charge in [-0.25, -0.2) is 4.98 Å². The van der Waals surface area contributed by atoms with Crippen LogP contribution in [0, 0.1) is 0 Å². The standard InChI is InChI=1S/C7H8N4O3S/c8-7-10-4(3-15-7)5(11-14)6(13)9-1-2-12/h2-3,14H,1H2,(H2,8,10)(H,9,13)/b11-5-. The minimum Gasteiger partial charge on any atom is -0.410 e. The largest absolute Gasteiger partial charge is 0.410 e. The molecule has 0 saturated heterocycles. The van der Waals surface area contributed by atoms with Crippen molar-refractivity contribution in [2.24, 2.45) is 5.16 Å². The van der Waals surface area contributed by atoms with Crippen molar-refractivity contribution in [3.05, 3.63) is 11.1 Å². The quantitative estimate of drug-likeness (QED) is 0.270. The molecule has 0 saturated carbocycles. The first kappa shape index (κ1) is 11.1. The number of thiazole rings is 1. The van der Waals surface area contributed by atoms with E-state index in [2.05, 4.69) is 15.5 Å². The molecule has 0 spiro atoms. The average Bonchev–Trinajstić information content (AvgIpc) is 2.63. The molecule has 0 aromatic carbocycles. The van der Waals surface area contributed by atoms with Gasteiger partial charge in [-0.1, -0.05) is 5.16 Å². The number of aldehydes is 1. The lowest BCUT2D eigenvalue weighted by molar-refractivity contribution is -0.117.